The summed E-state index contributed by atoms with van der Waals surface area (Å²) in [5.74, 6) is 1.09. The Labute approximate surface area is 264 Å². The van der Waals surface area contributed by atoms with E-state index in [9.17, 15) is 9.90 Å². The molecule has 1 N–H and O–H groups in total. The van der Waals surface area contributed by atoms with Crippen molar-refractivity contribution in [3.05, 3.63) is 76.6 Å². The van der Waals surface area contributed by atoms with Gasteiger partial charge in [0.15, 0.2) is 0 Å². The Bertz CT molecular complexity index is 1470. The topological polar surface area (TPSA) is 96.2 Å². The number of hydrogen-bond acceptors (Lipinski definition) is 8. The van der Waals surface area contributed by atoms with Gasteiger partial charge in [-0.2, -0.15) is 0 Å². The summed E-state index contributed by atoms with van der Waals surface area (Å²) in [5, 5.41) is 12.7. The van der Waals surface area contributed by atoms with Crippen LogP contribution in [0.15, 0.2) is 49.1 Å². The maximum Gasteiger partial charge on any atom is 0.410 e. The van der Waals surface area contributed by atoms with Gasteiger partial charge in [0.25, 0.3) is 0 Å². The molecular formula is C33H43ClN6O4. The van der Waals surface area contributed by atoms with Crippen LogP contribution in [0.4, 0.5) is 4.79 Å². The van der Waals surface area contributed by atoms with E-state index in [0.29, 0.717) is 37.2 Å². The number of piperidine rings is 1. The van der Waals surface area contributed by atoms with E-state index >= 15 is 0 Å². The van der Waals surface area contributed by atoms with Crippen molar-refractivity contribution in [1.29, 1.82) is 0 Å². The summed E-state index contributed by atoms with van der Waals surface area (Å²) in [7, 11) is 0. The summed E-state index contributed by atoms with van der Waals surface area (Å²) >= 11 is 6.39. The summed E-state index contributed by atoms with van der Waals surface area (Å²) in [4.78, 5) is 29.0. The number of piperazine rings is 1. The molecule has 11 heteroatoms. The van der Waals surface area contributed by atoms with E-state index in [4.69, 9.17) is 26.1 Å². The molecule has 3 aliphatic rings. The Morgan fingerprint density at radius 1 is 1.18 bits per heavy atom. The summed E-state index contributed by atoms with van der Waals surface area (Å²) in [6.07, 6.45) is 6.53. The number of rotatable bonds is 5. The first kappa shape index (κ1) is 30.8. The quantitative estimate of drug-likeness (QED) is 0.431. The van der Waals surface area contributed by atoms with Crippen LogP contribution in [0.5, 0.6) is 5.75 Å². The average Bonchev–Trinajstić information content (AvgIpc) is 3.32. The number of hydrogen-bond donors (Lipinski definition) is 1. The minimum atomic E-state index is -0.868. The molecule has 6 rings (SSSR count). The van der Waals surface area contributed by atoms with E-state index < -0.39 is 24.0 Å². The highest BCUT2D eigenvalue weighted by Gasteiger charge is 2.43. The van der Waals surface area contributed by atoms with Gasteiger partial charge in [-0.15, -0.1) is 0 Å². The van der Waals surface area contributed by atoms with E-state index in [1.165, 1.54) is 0 Å². The molecule has 2 saturated heterocycles. The zero-order chi connectivity index (χ0) is 31.0. The average molecular weight is 623 g/mol. The lowest BCUT2D eigenvalue weighted by atomic mass is 9.94. The summed E-state index contributed by atoms with van der Waals surface area (Å²) < 4.78 is 14.2. The SMILES string of the molecule is Cc1cn(C[C@@H]2CCCN(C(O)[C@H]3CN([C@@H]4c5ccc(Cl)cc5OCc5cccnc54)CCN3C(=O)OC(C)(C)C)C2)cn1. The third-order valence-electron chi connectivity index (χ3n) is 8.78. The van der Waals surface area contributed by atoms with Gasteiger partial charge in [-0.3, -0.25) is 19.7 Å². The zero-order valence-corrected chi connectivity index (χ0v) is 26.8. The first-order valence-corrected chi connectivity index (χ1v) is 15.9. The maximum atomic E-state index is 13.6. The molecule has 3 aromatic rings. The predicted molar refractivity (Wildman–Crippen MR) is 167 cm³/mol. The number of carbonyl (C=O) groups excluding carboxylic acids is 1. The van der Waals surface area contributed by atoms with Gasteiger partial charge in [-0.25, -0.2) is 9.78 Å². The van der Waals surface area contributed by atoms with E-state index in [1.54, 1.807) is 4.90 Å². The molecule has 0 bridgehead atoms. The number of likely N-dealkylation sites (tertiary alicyclic amines) is 1. The van der Waals surface area contributed by atoms with Crippen LogP contribution in [-0.4, -0.2) is 91.0 Å². The van der Waals surface area contributed by atoms with Crippen molar-refractivity contribution in [2.75, 3.05) is 32.7 Å². The number of benzene rings is 1. The molecule has 1 unspecified atom stereocenters. The Kier molecular flexibility index (Phi) is 8.88. The molecule has 0 saturated carbocycles. The largest absolute Gasteiger partial charge is 0.488 e. The highest BCUT2D eigenvalue weighted by molar-refractivity contribution is 6.30. The van der Waals surface area contributed by atoms with Crippen LogP contribution in [0.3, 0.4) is 0 Å². The standard InChI is InChI=1S/C33H43ClN6O4/c1-22-16-37(21-36-22)17-23-7-6-12-39(18-23)31(41)27-19-38(13-14-40(27)32(42)44-33(2,3)4)30-26-10-9-25(34)15-28(26)43-20-24-8-5-11-35-29(24)30/h5,8-11,15-16,21,23,27,30-31,41H,6-7,12-14,17-20H2,1-4H3/t23-,27+,30+,31?/m0/s1. The van der Waals surface area contributed by atoms with Crippen molar-refractivity contribution in [1.82, 2.24) is 29.2 Å². The number of pyridine rings is 1. The Morgan fingerprint density at radius 2 is 2.02 bits per heavy atom. The van der Waals surface area contributed by atoms with E-state index in [2.05, 4.69) is 25.5 Å². The molecule has 1 amide bonds. The molecule has 0 aliphatic carbocycles. The van der Waals surface area contributed by atoms with Gasteiger partial charge < -0.3 is 19.1 Å². The molecule has 0 radical (unpaired) electrons. The van der Waals surface area contributed by atoms with E-state index in [-0.39, 0.29) is 6.04 Å². The second-order valence-corrected chi connectivity index (χ2v) is 13.7. The second-order valence-electron chi connectivity index (χ2n) is 13.3. The molecule has 2 fully saturated rings. The van der Waals surface area contributed by atoms with Crippen LogP contribution in [0, 0.1) is 12.8 Å². The van der Waals surface area contributed by atoms with Crippen LogP contribution in [-0.2, 0) is 17.9 Å². The molecule has 1 aromatic carbocycles. The fourth-order valence-electron chi connectivity index (χ4n) is 6.82. The van der Waals surface area contributed by atoms with Crippen molar-refractivity contribution < 1.29 is 19.4 Å². The minimum absolute atomic E-state index is 0.227. The number of aliphatic hydroxyl groups excluding tert-OH is 1. The number of carbonyl (C=O) groups is 1. The van der Waals surface area contributed by atoms with Crippen molar-refractivity contribution in [2.24, 2.45) is 5.92 Å². The number of amides is 1. The second kappa shape index (κ2) is 12.7. The number of nitrogens with zero attached hydrogens (tertiary/aromatic N) is 6. The number of aromatic nitrogens is 3. The number of aliphatic hydroxyl groups is 1. The number of halogens is 1. The molecule has 3 aliphatic heterocycles. The van der Waals surface area contributed by atoms with Gasteiger partial charge in [0.2, 0.25) is 0 Å². The number of imidazole rings is 1. The van der Waals surface area contributed by atoms with Gasteiger partial charge in [0, 0.05) is 67.8 Å². The lowest BCUT2D eigenvalue weighted by molar-refractivity contribution is -0.102. The first-order valence-electron chi connectivity index (χ1n) is 15.6. The summed E-state index contributed by atoms with van der Waals surface area (Å²) in [5.41, 5.74) is 3.24. The van der Waals surface area contributed by atoms with Gasteiger partial charge in [-0.1, -0.05) is 23.7 Å². The molecule has 2 aromatic heterocycles. The molecule has 0 spiro atoms. The molecule has 4 atom stereocenters. The Morgan fingerprint density at radius 3 is 2.80 bits per heavy atom. The predicted octanol–water partition coefficient (Wildman–Crippen LogP) is 4.87. The fraction of sp³-hybridized carbons (Fsp3) is 0.545. The van der Waals surface area contributed by atoms with E-state index in [1.807, 2.05) is 70.6 Å². The molecule has 44 heavy (non-hydrogen) atoms. The molecular weight excluding hydrogens is 580 g/mol. The number of ether oxygens (including phenoxy) is 2. The third-order valence-corrected chi connectivity index (χ3v) is 9.02. The van der Waals surface area contributed by atoms with Crippen molar-refractivity contribution in [3.63, 3.8) is 0 Å². The summed E-state index contributed by atoms with van der Waals surface area (Å²) in [6, 6.07) is 8.97. The maximum absolute atomic E-state index is 13.6. The lowest BCUT2D eigenvalue weighted by Crippen LogP contribution is -2.64. The van der Waals surface area contributed by atoms with Gasteiger partial charge >= 0.3 is 6.09 Å². The van der Waals surface area contributed by atoms with Gasteiger partial charge in [-0.05, 0) is 64.7 Å². The summed E-state index contributed by atoms with van der Waals surface area (Å²) in [6.45, 7) is 11.8. The van der Waals surface area contributed by atoms with Crippen molar-refractivity contribution in [3.8, 4) is 5.75 Å². The fourth-order valence-corrected chi connectivity index (χ4v) is 6.98. The third kappa shape index (κ3) is 6.73. The normalized spacial score (nSPS) is 23.7. The molecule has 5 heterocycles. The van der Waals surface area contributed by atoms with Gasteiger partial charge in [0.05, 0.1) is 29.8 Å². The number of aryl methyl sites for hydroxylation is 1. The van der Waals surface area contributed by atoms with Crippen molar-refractivity contribution in [2.45, 2.75) is 77.6 Å². The Balaban J connectivity index is 1.30. The van der Waals surface area contributed by atoms with Crippen LogP contribution in [0.2, 0.25) is 5.02 Å². The van der Waals surface area contributed by atoms with Crippen LogP contribution >= 0.6 is 11.6 Å². The Hall–Kier alpha value is -3.18. The van der Waals surface area contributed by atoms with Gasteiger partial charge in [0.1, 0.15) is 24.2 Å². The highest BCUT2D eigenvalue weighted by atomic mass is 35.5. The monoisotopic (exact) mass is 622 g/mol. The van der Waals surface area contributed by atoms with Crippen molar-refractivity contribution >= 4 is 17.7 Å². The molecule has 236 valence electrons. The van der Waals surface area contributed by atoms with Crippen LogP contribution in [0.1, 0.15) is 62.2 Å². The van der Waals surface area contributed by atoms with Crippen LogP contribution < -0.4 is 4.74 Å². The first-order chi connectivity index (χ1) is 21.1. The smallest absolute Gasteiger partial charge is 0.410 e. The molecule has 10 nitrogen and oxygen atoms in total. The lowest BCUT2D eigenvalue weighted by Gasteiger charge is -2.48. The number of fused-ring (bicyclic) bond motifs is 2. The minimum Gasteiger partial charge on any atom is -0.488 e. The highest BCUT2D eigenvalue weighted by Crippen LogP contribution is 2.41. The van der Waals surface area contributed by atoms with E-state index in [0.717, 1.165) is 60.7 Å². The van der Waals surface area contributed by atoms with Crippen LogP contribution in [0.25, 0.3) is 0 Å². The zero-order valence-electron chi connectivity index (χ0n) is 26.0.